The third-order valence-corrected chi connectivity index (χ3v) is 4.43. The van der Waals surface area contributed by atoms with E-state index in [1.54, 1.807) is 12.0 Å². The summed E-state index contributed by atoms with van der Waals surface area (Å²) in [6, 6.07) is 1.92. The first-order valence-corrected chi connectivity index (χ1v) is 6.75. The molecule has 3 nitrogen and oxygen atoms in total. The van der Waals surface area contributed by atoms with Crippen LogP contribution in [-0.4, -0.2) is 37.6 Å². The smallest absolute Gasteiger partial charge is 0.264 e. The molecule has 0 saturated heterocycles. The van der Waals surface area contributed by atoms with Crippen molar-refractivity contribution < 1.29 is 9.53 Å². The summed E-state index contributed by atoms with van der Waals surface area (Å²) in [6.07, 6.45) is 0. The molecule has 0 aliphatic heterocycles. The Morgan fingerprint density at radius 1 is 1.62 bits per heavy atom. The molecule has 0 aromatic carbocycles. The quantitative estimate of drug-likeness (QED) is 0.837. The van der Waals surface area contributed by atoms with Crippen molar-refractivity contribution in [2.45, 2.75) is 13.8 Å². The van der Waals surface area contributed by atoms with Gasteiger partial charge < -0.3 is 9.64 Å². The minimum Gasteiger partial charge on any atom is -0.383 e. The maximum Gasteiger partial charge on any atom is 0.264 e. The van der Waals surface area contributed by atoms with Crippen LogP contribution >= 0.6 is 27.3 Å². The highest BCUT2D eigenvalue weighted by atomic mass is 79.9. The number of nitrogens with zero attached hydrogens (tertiary/aromatic N) is 1. The first-order chi connectivity index (χ1) is 7.60. The fourth-order valence-corrected chi connectivity index (χ4v) is 2.83. The van der Waals surface area contributed by atoms with Crippen LogP contribution in [0.2, 0.25) is 0 Å². The molecule has 1 aromatic rings. The fourth-order valence-electron chi connectivity index (χ4n) is 1.33. The topological polar surface area (TPSA) is 29.5 Å². The van der Waals surface area contributed by atoms with Gasteiger partial charge in [-0.05, 0) is 41.4 Å². The van der Waals surface area contributed by atoms with E-state index in [2.05, 4.69) is 15.9 Å². The third-order valence-electron chi connectivity index (χ3n) is 2.30. The van der Waals surface area contributed by atoms with E-state index < -0.39 is 0 Å². The maximum atomic E-state index is 12.1. The van der Waals surface area contributed by atoms with Crippen molar-refractivity contribution in [3.05, 3.63) is 20.3 Å². The van der Waals surface area contributed by atoms with E-state index in [1.165, 1.54) is 11.3 Å². The zero-order chi connectivity index (χ0) is 12.1. The summed E-state index contributed by atoms with van der Waals surface area (Å²) in [5.41, 5.74) is 1.11. The Morgan fingerprint density at radius 2 is 2.31 bits per heavy atom. The van der Waals surface area contributed by atoms with Gasteiger partial charge >= 0.3 is 0 Å². The lowest BCUT2D eigenvalue weighted by Crippen LogP contribution is -2.33. The Balaban J connectivity index is 2.74. The molecule has 0 atom stereocenters. The molecule has 0 spiro atoms. The number of likely N-dealkylation sites (N-methyl/N-ethyl adjacent to an activating group) is 1. The van der Waals surface area contributed by atoms with E-state index in [0.29, 0.717) is 19.7 Å². The van der Waals surface area contributed by atoms with E-state index in [-0.39, 0.29) is 5.91 Å². The number of rotatable bonds is 5. The van der Waals surface area contributed by atoms with Gasteiger partial charge in [0.2, 0.25) is 0 Å². The Morgan fingerprint density at radius 3 is 2.75 bits per heavy atom. The van der Waals surface area contributed by atoms with Crippen molar-refractivity contribution in [1.29, 1.82) is 0 Å². The van der Waals surface area contributed by atoms with Crippen LogP contribution in [0.5, 0.6) is 0 Å². The summed E-state index contributed by atoms with van der Waals surface area (Å²) in [4.78, 5) is 14.7. The zero-order valence-electron chi connectivity index (χ0n) is 9.75. The number of carbonyl (C=O) groups is 1. The van der Waals surface area contributed by atoms with E-state index in [9.17, 15) is 4.79 Å². The number of methoxy groups -OCH3 is 1. The Hall–Kier alpha value is -0.390. The summed E-state index contributed by atoms with van der Waals surface area (Å²) in [5, 5.41) is 0. The molecule has 0 aliphatic rings. The molecule has 0 aliphatic carbocycles. The van der Waals surface area contributed by atoms with Gasteiger partial charge in [-0.15, -0.1) is 11.3 Å². The number of carbonyl (C=O) groups excluding carboxylic acids is 1. The highest BCUT2D eigenvalue weighted by molar-refractivity contribution is 9.11. The number of amides is 1. The lowest BCUT2D eigenvalue weighted by molar-refractivity contribution is 0.0711. The summed E-state index contributed by atoms with van der Waals surface area (Å²) >= 11 is 4.92. The van der Waals surface area contributed by atoms with Gasteiger partial charge in [0.25, 0.3) is 5.91 Å². The normalized spacial score (nSPS) is 10.5. The van der Waals surface area contributed by atoms with Gasteiger partial charge in [0, 0.05) is 20.2 Å². The molecular weight excluding hydrogens is 290 g/mol. The molecule has 0 radical (unpaired) electrons. The molecule has 90 valence electrons. The predicted octanol–water partition coefficient (Wildman–Crippen LogP) is 2.93. The van der Waals surface area contributed by atoms with Gasteiger partial charge in [-0.2, -0.15) is 0 Å². The average Bonchev–Trinajstić information content (AvgIpc) is 2.60. The second kappa shape index (κ2) is 6.37. The molecule has 1 amide bonds. The molecule has 16 heavy (non-hydrogen) atoms. The number of thiophene rings is 1. The first-order valence-electron chi connectivity index (χ1n) is 5.14. The number of aryl methyl sites for hydroxylation is 1. The second-order valence-electron chi connectivity index (χ2n) is 3.44. The van der Waals surface area contributed by atoms with E-state index in [1.807, 2.05) is 19.9 Å². The lowest BCUT2D eigenvalue weighted by Gasteiger charge is -2.19. The molecular formula is C11H16BrNO2S. The molecule has 1 heterocycles. The monoisotopic (exact) mass is 305 g/mol. The number of hydrogen-bond acceptors (Lipinski definition) is 3. The predicted molar refractivity (Wildman–Crippen MR) is 70.2 cm³/mol. The number of ether oxygens (including phenoxy) is 1. The Kier molecular flexibility index (Phi) is 5.44. The van der Waals surface area contributed by atoms with Crippen LogP contribution in [0.15, 0.2) is 9.85 Å². The van der Waals surface area contributed by atoms with Crippen LogP contribution < -0.4 is 0 Å². The van der Waals surface area contributed by atoms with Crippen molar-refractivity contribution in [2.24, 2.45) is 0 Å². The van der Waals surface area contributed by atoms with Crippen molar-refractivity contribution in [1.82, 2.24) is 4.90 Å². The van der Waals surface area contributed by atoms with Crippen LogP contribution in [0.3, 0.4) is 0 Å². The van der Waals surface area contributed by atoms with E-state index in [0.717, 1.165) is 14.2 Å². The summed E-state index contributed by atoms with van der Waals surface area (Å²) < 4.78 is 6.02. The van der Waals surface area contributed by atoms with Crippen LogP contribution in [0.25, 0.3) is 0 Å². The second-order valence-corrected chi connectivity index (χ2v) is 5.82. The molecule has 0 unspecified atom stereocenters. The van der Waals surface area contributed by atoms with Crippen molar-refractivity contribution in [3.8, 4) is 0 Å². The molecule has 5 heteroatoms. The standard InChI is InChI=1S/C11H16BrNO2S/c1-4-13(5-6-15-3)11(14)9-7-8(2)10(12)16-9/h7H,4-6H2,1-3H3. The SMILES string of the molecule is CCN(CCOC)C(=O)c1cc(C)c(Br)s1. The average molecular weight is 306 g/mol. The minimum atomic E-state index is 0.0818. The molecule has 0 N–H and O–H groups in total. The van der Waals surface area contributed by atoms with E-state index in [4.69, 9.17) is 4.74 Å². The molecule has 0 bridgehead atoms. The summed E-state index contributed by atoms with van der Waals surface area (Å²) in [7, 11) is 1.64. The van der Waals surface area contributed by atoms with Crippen molar-refractivity contribution in [2.75, 3.05) is 26.8 Å². The van der Waals surface area contributed by atoms with Gasteiger partial charge in [-0.25, -0.2) is 0 Å². The van der Waals surface area contributed by atoms with Gasteiger partial charge in [-0.3, -0.25) is 4.79 Å². The lowest BCUT2D eigenvalue weighted by atomic mass is 10.3. The molecule has 0 saturated carbocycles. The van der Waals surface area contributed by atoms with E-state index >= 15 is 0 Å². The van der Waals surface area contributed by atoms with Crippen LogP contribution in [0.1, 0.15) is 22.2 Å². The van der Waals surface area contributed by atoms with Gasteiger partial charge in [-0.1, -0.05) is 0 Å². The molecule has 0 fully saturated rings. The van der Waals surface area contributed by atoms with Crippen molar-refractivity contribution >= 4 is 33.2 Å². The van der Waals surface area contributed by atoms with Crippen molar-refractivity contribution in [3.63, 3.8) is 0 Å². The highest BCUT2D eigenvalue weighted by Gasteiger charge is 2.16. The van der Waals surface area contributed by atoms with Crippen LogP contribution in [0, 0.1) is 6.92 Å². The first kappa shape index (κ1) is 13.7. The van der Waals surface area contributed by atoms with Crippen LogP contribution in [-0.2, 0) is 4.74 Å². The maximum absolute atomic E-state index is 12.1. The Labute approximate surface area is 109 Å². The zero-order valence-corrected chi connectivity index (χ0v) is 12.2. The Bertz CT molecular complexity index is 345. The molecule has 1 rings (SSSR count). The number of halogens is 1. The number of hydrogen-bond donors (Lipinski definition) is 0. The highest BCUT2D eigenvalue weighted by Crippen LogP contribution is 2.28. The van der Waals surface area contributed by atoms with Gasteiger partial charge in [0.05, 0.1) is 15.3 Å². The largest absolute Gasteiger partial charge is 0.383 e. The van der Waals surface area contributed by atoms with Crippen LogP contribution in [0.4, 0.5) is 0 Å². The summed E-state index contributed by atoms with van der Waals surface area (Å²) in [5.74, 6) is 0.0818. The fraction of sp³-hybridized carbons (Fsp3) is 0.545. The minimum absolute atomic E-state index is 0.0818. The van der Waals surface area contributed by atoms with Gasteiger partial charge in [0.15, 0.2) is 0 Å². The molecule has 1 aromatic heterocycles. The summed E-state index contributed by atoms with van der Waals surface area (Å²) in [6.45, 7) is 5.88. The van der Waals surface area contributed by atoms with Gasteiger partial charge in [0.1, 0.15) is 0 Å². The third kappa shape index (κ3) is 3.30.